The number of fused-ring (bicyclic) bond motifs is 7. The Hall–Kier alpha value is -3.62. The van der Waals surface area contributed by atoms with Gasteiger partial charge in [-0.3, -0.25) is 4.90 Å². The van der Waals surface area contributed by atoms with Crippen molar-refractivity contribution in [3.63, 3.8) is 0 Å². The first-order chi connectivity index (χ1) is 15.9. The first kappa shape index (κ1) is 18.0. The summed E-state index contributed by atoms with van der Waals surface area (Å²) in [5, 5.41) is 5.02. The first-order valence-corrected chi connectivity index (χ1v) is 11.4. The standard InChI is InChI=1S/C30H23NO/c1-4-12-23-20(8-1)11-7-15-26(23)28-27-17-16-21-9-2-5-13-24(21)29(27)32-30-25-14-6-3-10-22(25)18-19-31(28)30/h1-17,28,30H,18-19H2. The second-order valence-electron chi connectivity index (χ2n) is 8.83. The summed E-state index contributed by atoms with van der Waals surface area (Å²) in [5.74, 6) is 1.03. The van der Waals surface area contributed by atoms with E-state index < -0.39 is 0 Å². The molecule has 2 aliphatic heterocycles. The van der Waals surface area contributed by atoms with Crippen LogP contribution in [0.4, 0.5) is 0 Å². The Bertz CT molecular complexity index is 1480. The molecule has 0 spiro atoms. The Kier molecular flexibility index (Phi) is 3.91. The number of hydrogen-bond donors (Lipinski definition) is 0. The zero-order valence-corrected chi connectivity index (χ0v) is 17.7. The van der Waals surface area contributed by atoms with Crippen LogP contribution in [0, 0.1) is 0 Å². The molecule has 0 saturated heterocycles. The van der Waals surface area contributed by atoms with E-state index in [0.29, 0.717) is 0 Å². The Labute approximate surface area is 187 Å². The molecule has 0 saturated carbocycles. The van der Waals surface area contributed by atoms with Gasteiger partial charge in [-0.25, -0.2) is 0 Å². The molecule has 2 nitrogen and oxygen atoms in total. The number of nitrogens with zero attached hydrogens (tertiary/aromatic N) is 1. The quantitative estimate of drug-likeness (QED) is 0.292. The summed E-state index contributed by atoms with van der Waals surface area (Å²) < 4.78 is 6.87. The summed E-state index contributed by atoms with van der Waals surface area (Å²) in [5.41, 5.74) is 5.31. The minimum atomic E-state index is -0.0813. The molecule has 0 N–H and O–H groups in total. The lowest BCUT2D eigenvalue weighted by Crippen LogP contribution is -2.44. The lowest BCUT2D eigenvalue weighted by atomic mass is 9.86. The molecule has 0 fully saturated rings. The summed E-state index contributed by atoms with van der Waals surface area (Å²) in [6.07, 6.45) is 0.961. The van der Waals surface area contributed by atoms with Gasteiger partial charge < -0.3 is 4.74 Å². The first-order valence-electron chi connectivity index (χ1n) is 11.4. The molecule has 0 aromatic heterocycles. The number of ether oxygens (including phenoxy) is 1. The van der Waals surface area contributed by atoms with Gasteiger partial charge in [-0.15, -0.1) is 0 Å². The SMILES string of the molecule is c1ccc2c(c1)CCN1C2Oc2c(ccc3ccccc23)C1c1cccc2ccccc12. The maximum absolute atomic E-state index is 6.87. The molecule has 32 heavy (non-hydrogen) atoms. The largest absolute Gasteiger partial charge is 0.470 e. The van der Waals surface area contributed by atoms with Gasteiger partial charge in [0.1, 0.15) is 5.75 Å². The van der Waals surface area contributed by atoms with Crippen molar-refractivity contribution in [2.45, 2.75) is 18.7 Å². The molecule has 2 heterocycles. The number of benzene rings is 5. The number of rotatable bonds is 1. The van der Waals surface area contributed by atoms with Crippen LogP contribution in [0.25, 0.3) is 21.5 Å². The molecule has 2 atom stereocenters. The van der Waals surface area contributed by atoms with Crippen LogP contribution in [0.3, 0.4) is 0 Å². The predicted octanol–water partition coefficient (Wildman–Crippen LogP) is 7.03. The van der Waals surface area contributed by atoms with Gasteiger partial charge in [0.15, 0.2) is 6.23 Å². The fraction of sp³-hybridized carbons (Fsp3) is 0.133. The van der Waals surface area contributed by atoms with Crippen LogP contribution in [0.1, 0.15) is 34.5 Å². The molecule has 2 aliphatic rings. The van der Waals surface area contributed by atoms with Crippen LogP contribution < -0.4 is 4.74 Å². The second-order valence-corrected chi connectivity index (χ2v) is 8.83. The van der Waals surface area contributed by atoms with Gasteiger partial charge >= 0.3 is 0 Å². The maximum atomic E-state index is 6.87. The maximum Gasteiger partial charge on any atom is 0.180 e. The van der Waals surface area contributed by atoms with Crippen LogP contribution >= 0.6 is 0 Å². The smallest absolute Gasteiger partial charge is 0.180 e. The van der Waals surface area contributed by atoms with E-state index >= 15 is 0 Å². The summed E-state index contributed by atoms with van der Waals surface area (Å²) in [6, 6.07) is 37.5. The Morgan fingerprint density at radius 3 is 2.19 bits per heavy atom. The molecule has 0 aliphatic carbocycles. The van der Waals surface area contributed by atoms with E-state index in [1.807, 2.05) is 0 Å². The molecule has 0 amide bonds. The molecule has 0 bridgehead atoms. The van der Waals surface area contributed by atoms with Crippen molar-refractivity contribution in [1.29, 1.82) is 0 Å². The highest BCUT2D eigenvalue weighted by molar-refractivity contribution is 5.91. The minimum absolute atomic E-state index is 0.0813. The van der Waals surface area contributed by atoms with E-state index in [1.165, 1.54) is 43.8 Å². The topological polar surface area (TPSA) is 12.5 Å². The summed E-state index contributed by atoms with van der Waals surface area (Å²) >= 11 is 0. The van der Waals surface area contributed by atoms with Crippen molar-refractivity contribution >= 4 is 21.5 Å². The highest BCUT2D eigenvalue weighted by Gasteiger charge is 2.41. The van der Waals surface area contributed by atoms with Crippen molar-refractivity contribution in [2.75, 3.05) is 6.54 Å². The van der Waals surface area contributed by atoms with Crippen molar-refractivity contribution in [3.05, 3.63) is 125 Å². The van der Waals surface area contributed by atoms with E-state index in [1.54, 1.807) is 0 Å². The molecular weight excluding hydrogens is 390 g/mol. The number of hydrogen-bond acceptors (Lipinski definition) is 2. The van der Waals surface area contributed by atoms with Gasteiger partial charge in [0.2, 0.25) is 0 Å². The van der Waals surface area contributed by atoms with Gasteiger partial charge in [-0.2, -0.15) is 0 Å². The molecular formula is C30H23NO. The van der Waals surface area contributed by atoms with Crippen molar-refractivity contribution < 1.29 is 4.74 Å². The summed E-state index contributed by atoms with van der Waals surface area (Å²) in [6.45, 7) is 0.974. The van der Waals surface area contributed by atoms with Crippen molar-refractivity contribution in [1.82, 2.24) is 4.90 Å². The van der Waals surface area contributed by atoms with Gasteiger partial charge in [0, 0.05) is 23.1 Å². The average molecular weight is 414 g/mol. The fourth-order valence-electron chi connectivity index (χ4n) is 5.68. The summed E-state index contributed by atoms with van der Waals surface area (Å²) in [4.78, 5) is 2.56. The van der Waals surface area contributed by atoms with E-state index in [-0.39, 0.29) is 12.3 Å². The van der Waals surface area contributed by atoms with E-state index in [0.717, 1.165) is 18.7 Å². The van der Waals surface area contributed by atoms with E-state index in [4.69, 9.17) is 4.74 Å². The predicted molar refractivity (Wildman–Crippen MR) is 130 cm³/mol. The lowest BCUT2D eigenvalue weighted by molar-refractivity contribution is -0.0251. The van der Waals surface area contributed by atoms with E-state index in [9.17, 15) is 0 Å². The lowest BCUT2D eigenvalue weighted by Gasteiger charge is -2.46. The normalized spacial score (nSPS) is 19.8. The molecule has 2 unspecified atom stereocenters. The van der Waals surface area contributed by atoms with E-state index in [2.05, 4.69) is 108 Å². The highest BCUT2D eigenvalue weighted by Crippen LogP contribution is 2.50. The second kappa shape index (κ2) is 6.94. The van der Waals surface area contributed by atoms with Gasteiger partial charge in [0.05, 0.1) is 6.04 Å². The van der Waals surface area contributed by atoms with Crippen molar-refractivity contribution in [2.24, 2.45) is 0 Å². The summed E-state index contributed by atoms with van der Waals surface area (Å²) in [7, 11) is 0. The molecule has 5 aromatic rings. The third-order valence-electron chi connectivity index (χ3n) is 7.15. The molecule has 7 rings (SSSR count). The zero-order chi connectivity index (χ0) is 21.1. The third-order valence-corrected chi connectivity index (χ3v) is 7.15. The monoisotopic (exact) mass is 413 g/mol. The van der Waals surface area contributed by atoms with Crippen LogP contribution in [0.2, 0.25) is 0 Å². The molecule has 5 aromatic carbocycles. The van der Waals surface area contributed by atoms with Crippen LogP contribution in [-0.4, -0.2) is 11.4 Å². The van der Waals surface area contributed by atoms with Crippen LogP contribution in [-0.2, 0) is 6.42 Å². The van der Waals surface area contributed by atoms with Crippen molar-refractivity contribution in [3.8, 4) is 5.75 Å². The zero-order valence-electron chi connectivity index (χ0n) is 17.7. The van der Waals surface area contributed by atoms with Gasteiger partial charge in [-0.1, -0.05) is 103 Å². The average Bonchev–Trinajstić information content (AvgIpc) is 2.87. The molecule has 0 radical (unpaired) electrons. The van der Waals surface area contributed by atoms with Crippen LogP contribution in [0.5, 0.6) is 5.75 Å². The third kappa shape index (κ3) is 2.57. The molecule has 154 valence electrons. The Morgan fingerprint density at radius 2 is 1.28 bits per heavy atom. The van der Waals surface area contributed by atoms with Crippen LogP contribution in [0.15, 0.2) is 103 Å². The Balaban J connectivity index is 1.53. The Morgan fingerprint density at radius 1 is 0.594 bits per heavy atom. The highest BCUT2D eigenvalue weighted by atomic mass is 16.5. The van der Waals surface area contributed by atoms with Gasteiger partial charge in [-0.05, 0) is 33.7 Å². The molecule has 2 heteroatoms. The van der Waals surface area contributed by atoms with Gasteiger partial charge in [0.25, 0.3) is 0 Å². The fourth-order valence-corrected chi connectivity index (χ4v) is 5.68. The minimum Gasteiger partial charge on any atom is -0.470 e.